The Morgan fingerprint density at radius 1 is 1.46 bits per heavy atom. The molecule has 0 aromatic rings. The summed E-state index contributed by atoms with van der Waals surface area (Å²) in [6, 6.07) is 0. The highest BCUT2D eigenvalue weighted by molar-refractivity contribution is 5.77. The van der Waals surface area contributed by atoms with Crippen molar-refractivity contribution in [1.82, 2.24) is 0 Å². The van der Waals surface area contributed by atoms with Crippen LogP contribution in [0.25, 0.3) is 0 Å². The maximum absolute atomic E-state index is 10.9. The van der Waals surface area contributed by atoms with E-state index in [9.17, 15) is 4.79 Å². The van der Waals surface area contributed by atoms with Crippen molar-refractivity contribution in [2.75, 3.05) is 20.3 Å². The van der Waals surface area contributed by atoms with Gasteiger partial charge in [0.2, 0.25) is 0 Å². The Bertz CT molecular complexity index is 134. The predicted octanol–water partition coefficient (Wildman–Crippen LogP) is 1.80. The molecule has 1 unspecified atom stereocenters. The van der Waals surface area contributed by atoms with Crippen LogP contribution in [0, 0.1) is 0 Å². The van der Waals surface area contributed by atoms with E-state index in [0.717, 1.165) is 6.42 Å². The van der Waals surface area contributed by atoms with Crippen molar-refractivity contribution in [3.63, 3.8) is 0 Å². The van der Waals surface area contributed by atoms with Gasteiger partial charge in [-0.25, -0.2) is 0 Å². The molecule has 0 aromatic heterocycles. The number of Topliss-reactive ketones (excluding diaryl/α,β-unsaturated/α-hetero) is 1. The lowest BCUT2D eigenvalue weighted by atomic mass is 10.2. The zero-order valence-electron chi connectivity index (χ0n) is 8.84. The standard InChI is InChI=1S/C10H20O3/c1-4-10(11)6-5-7-13-8-9(2)12-3/h9H,4-8H2,1-3H3. The lowest BCUT2D eigenvalue weighted by Crippen LogP contribution is -2.14. The van der Waals surface area contributed by atoms with Gasteiger partial charge in [0.15, 0.2) is 0 Å². The molecule has 3 heteroatoms. The summed E-state index contributed by atoms with van der Waals surface area (Å²) in [5.74, 6) is 0.309. The first kappa shape index (κ1) is 12.6. The Hall–Kier alpha value is -0.410. The zero-order valence-corrected chi connectivity index (χ0v) is 8.84. The molecule has 0 bridgehead atoms. The van der Waals surface area contributed by atoms with Gasteiger partial charge in [0, 0.05) is 26.6 Å². The van der Waals surface area contributed by atoms with Gasteiger partial charge in [0.1, 0.15) is 5.78 Å². The zero-order chi connectivity index (χ0) is 10.1. The number of carbonyl (C=O) groups excluding carboxylic acids is 1. The molecule has 0 radical (unpaired) electrons. The molecule has 0 saturated carbocycles. The first-order chi connectivity index (χ1) is 6.20. The first-order valence-electron chi connectivity index (χ1n) is 4.83. The molecule has 0 spiro atoms. The summed E-state index contributed by atoms with van der Waals surface area (Å²) in [6.45, 7) is 5.10. The maximum atomic E-state index is 10.9. The second-order valence-corrected chi connectivity index (χ2v) is 3.12. The molecule has 0 fully saturated rings. The SMILES string of the molecule is CCC(=O)CCCOCC(C)OC. The van der Waals surface area contributed by atoms with E-state index in [1.165, 1.54) is 0 Å². The second kappa shape index (κ2) is 8.20. The van der Waals surface area contributed by atoms with Crippen molar-refractivity contribution < 1.29 is 14.3 Å². The van der Waals surface area contributed by atoms with E-state index in [0.29, 0.717) is 31.8 Å². The lowest BCUT2D eigenvalue weighted by Gasteiger charge is -2.09. The third kappa shape index (κ3) is 7.94. The molecule has 0 heterocycles. The predicted molar refractivity (Wildman–Crippen MR) is 51.8 cm³/mol. The molecule has 0 amide bonds. The maximum Gasteiger partial charge on any atom is 0.132 e. The molecular formula is C10H20O3. The van der Waals surface area contributed by atoms with Gasteiger partial charge in [-0.1, -0.05) is 6.92 Å². The Labute approximate surface area is 80.4 Å². The van der Waals surface area contributed by atoms with Gasteiger partial charge >= 0.3 is 0 Å². The van der Waals surface area contributed by atoms with Crippen molar-refractivity contribution >= 4 is 5.78 Å². The number of ketones is 1. The van der Waals surface area contributed by atoms with E-state index in [1.54, 1.807) is 7.11 Å². The smallest absolute Gasteiger partial charge is 0.132 e. The molecule has 0 saturated heterocycles. The highest BCUT2D eigenvalue weighted by Gasteiger charge is 2.00. The van der Waals surface area contributed by atoms with Gasteiger partial charge < -0.3 is 9.47 Å². The summed E-state index contributed by atoms with van der Waals surface area (Å²) >= 11 is 0. The molecule has 3 nitrogen and oxygen atoms in total. The average Bonchev–Trinajstić information content (AvgIpc) is 2.16. The average molecular weight is 188 g/mol. The van der Waals surface area contributed by atoms with Crippen LogP contribution in [0.3, 0.4) is 0 Å². The molecular weight excluding hydrogens is 168 g/mol. The van der Waals surface area contributed by atoms with Gasteiger partial charge in [-0.15, -0.1) is 0 Å². The monoisotopic (exact) mass is 188 g/mol. The van der Waals surface area contributed by atoms with Crippen LogP contribution in [0.4, 0.5) is 0 Å². The molecule has 13 heavy (non-hydrogen) atoms. The van der Waals surface area contributed by atoms with E-state index in [1.807, 2.05) is 13.8 Å². The van der Waals surface area contributed by atoms with Gasteiger partial charge in [-0.2, -0.15) is 0 Å². The molecule has 0 aliphatic carbocycles. The van der Waals surface area contributed by atoms with Crippen LogP contribution in [0.1, 0.15) is 33.1 Å². The Morgan fingerprint density at radius 3 is 2.69 bits per heavy atom. The number of carbonyl (C=O) groups is 1. The summed E-state index contributed by atoms with van der Waals surface area (Å²) in [4.78, 5) is 10.9. The third-order valence-electron chi connectivity index (χ3n) is 1.89. The van der Waals surface area contributed by atoms with Crippen molar-refractivity contribution in [2.24, 2.45) is 0 Å². The van der Waals surface area contributed by atoms with Crippen molar-refractivity contribution in [2.45, 2.75) is 39.2 Å². The molecule has 0 aromatic carbocycles. The third-order valence-corrected chi connectivity index (χ3v) is 1.89. The summed E-state index contributed by atoms with van der Waals surface area (Å²) in [6.07, 6.45) is 2.23. The van der Waals surface area contributed by atoms with Crippen molar-refractivity contribution in [1.29, 1.82) is 0 Å². The minimum Gasteiger partial charge on any atom is -0.379 e. The fourth-order valence-electron chi connectivity index (χ4n) is 0.866. The van der Waals surface area contributed by atoms with E-state index < -0.39 is 0 Å². The first-order valence-corrected chi connectivity index (χ1v) is 4.83. The van der Waals surface area contributed by atoms with Crippen LogP contribution >= 0.6 is 0 Å². The van der Waals surface area contributed by atoms with Gasteiger partial charge in [0.05, 0.1) is 12.7 Å². The second-order valence-electron chi connectivity index (χ2n) is 3.12. The fraction of sp³-hybridized carbons (Fsp3) is 0.900. The van der Waals surface area contributed by atoms with E-state index in [2.05, 4.69) is 0 Å². The Kier molecular flexibility index (Phi) is 7.94. The summed E-state index contributed by atoms with van der Waals surface area (Å²) in [5.41, 5.74) is 0. The molecule has 0 N–H and O–H groups in total. The lowest BCUT2D eigenvalue weighted by molar-refractivity contribution is -0.119. The number of hydrogen-bond donors (Lipinski definition) is 0. The molecule has 1 atom stereocenters. The number of rotatable bonds is 8. The number of ether oxygens (including phenoxy) is 2. The molecule has 78 valence electrons. The van der Waals surface area contributed by atoms with Crippen LogP contribution in [0.2, 0.25) is 0 Å². The minimum absolute atomic E-state index is 0.141. The summed E-state index contributed by atoms with van der Waals surface area (Å²) < 4.78 is 10.3. The molecule has 0 aliphatic heterocycles. The van der Waals surface area contributed by atoms with Crippen LogP contribution in [-0.4, -0.2) is 32.2 Å². The Balaban J connectivity index is 3.12. The van der Waals surface area contributed by atoms with E-state index >= 15 is 0 Å². The quantitative estimate of drug-likeness (QED) is 0.545. The van der Waals surface area contributed by atoms with Crippen LogP contribution in [0.5, 0.6) is 0 Å². The van der Waals surface area contributed by atoms with E-state index in [-0.39, 0.29) is 6.10 Å². The largest absolute Gasteiger partial charge is 0.379 e. The normalized spacial score (nSPS) is 12.8. The van der Waals surface area contributed by atoms with Crippen molar-refractivity contribution in [3.05, 3.63) is 0 Å². The topological polar surface area (TPSA) is 35.5 Å². The van der Waals surface area contributed by atoms with Crippen molar-refractivity contribution in [3.8, 4) is 0 Å². The van der Waals surface area contributed by atoms with Gasteiger partial charge in [-0.3, -0.25) is 4.79 Å². The van der Waals surface area contributed by atoms with Crippen LogP contribution < -0.4 is 0 Å². The number of hydrogen-bond acceptors (Lipinski definition) is 3. The minimum atomic E-state index is 0.141. The van der Waals surface area contributed by atoms with E-state index in [4.69, 9.17) is 9.47 Å². The highest BCUT2D eigenvalue weighted by atomic mass is 16.5. The summed E-state index contributed by atoms with van der Waals surface area (Å²) in [5, 5.41) is 0. The summed E-state index contributed by atoms with van der Waals surface area (Å²) in [7, 11) is 1.66. The molecule has 0 aliphatic rings. The van der Waals surface area contributed by atoms with Gasteiger partial charge in [0.25, 0.3) is 0 Å². The molecule has 0 rings (SSSR count). The number of methoxy groups -OCH3 is 1. The fourth-order valence-corrected chi connectivity index (χ4v) is 0.866. The Morgan fingerprint density at radius 2 is 2.15 bits per heavy atom. The van der Waals surface area contributed by atoms with Crippen LogP contribution in [0.15, 0.2) is 0 Å². The highest BCUT2D eigenvalue weighted by Crippen LogP contribution is 1.96. The van der Waals surface area contributed by atoms with Crippen LogP contribution in [-0.2, 0) is 14.3 Å². The van der Waals surface area contributed by atoms with Gasteiger partial charge in [-0.05, 0) is 13.3 Å².